The maximum absolute atomic E-state index is 12.6. The number of nitrogens with one attached hydrogen (secondary N) is 1. The van der Waals surface area contributed by atoms with E-state index in [-0.39, 0.29) is 18.4 Å². The molecule has 2 aromatic rings. The summed E-state index contributed by atoms with van der Waals surface area (Å²) >= 11 is 0. The van der Waals surface area contributed by atoms with Crippen LogP contribution in [0.3, 0.4) is 0 Å². The van der Waals surface area contributed by atoms with E-state index in [0.717, 1.165) is 38.9 Å². The van der Waals surface area contributed by atoms with Crippen LogP contribution < -0.4 is 15.0 Å². The second-order valence-corrected chi connectivity index (χ2v) is 7.57. The number of benzene rings is 2. The molecule has 6 heteroatoms. The van der Waals surface area contributed by atoms with Gasteiger partial charge in [-0.05, 0) is 43.0 Å². The number of carbonyl (C=O) groups is 2. The van der Waals surface area contributed by atoms with Crippen LogP contribution >= 0.6 is 0 Å². The minimum atomic E-state index is -0.292. The van der Waals surface area contributed by atoms with Gasteiger partial charge >= 0.3 is 0 Å². The molecular weight excluding hydrogens is 366 g/mol. The lowest BCUT2D eigenvalue weighted by Gasteiger charge is -2.38. The molecule has 1 N–H and O–H groups in total. The summed E-state index contributed by atoms with van der Waals surface area (Å²) in [7, 11) is 1.53. The number of hydrogen-bond acceptors (Lipinski definition) is 4. The van der Waals surface area contributed by atoms with Gasteiger partial charge < -0.3 is 19.9 Å². The van der Waals surface area contributed by atoms with Gasteiger partial charge in [0.2, 0.25) is 5.91 Å². The topological polar surface area (TPSA) is 61.9 Å². The number of likely N-dealkylation sites (tertiary alicyclic amines) is 1. The predicted molar refractivity (Wildman–Crippen MR) is 112 cm³/mol. The van der Waals surface area contributed by atoms with Gasteiger partial charge in [0.05, 0.1) is 19.2 Å². The first-order valence-electron chi connectivity index (χ1n) is 10.2. The molecule has 152 valence electrons. The molecule has 0 aliphatic carbocycles. The van der Waals surface area contributed by atoms with E-state index in [1.165, 1.54) is 18.4 Å². The molecule has 0 saturated carbocycles. The second kappa shape index (κ2) is 8.55. The highest BCUT2D eigenvalue weighted by Crippen LogP contribution is 2.32. The number of fused-ring (bicyclic) bond motifs is 1. The zero-order chi connectivity index (χ0) is 20.2. The Balaban J connectivity index is 1.28. The van der Waals surface area contributed by atoms with E-state index in [0.29, 0.717) is 17.4 Å². The Morgan fingerprint density at radius 3 is 2.55 bits per heavy atom. The summed E-state index contributed by atoms with van der Waals surface area (Å²) in [5.74, 6) is 0.178. The largest absolute Gasteiger partial charge is 0.496 e. The Labute approximate surface area is 171 Å². The summed E-state index contributed by atoms with van der Waals surface area (Å²) in [5, 5.41) is 2.73. The Morgan fingerprint density at radius 2 is 1.76 bits per heavy atom. The molecule has 0 atom stereocenters. The Morgan fingerprint density at radius 1 is 1.03 bits per heavy atom. The van der Waals surface area contributed by atoms with Crippen molar-refractivity contribution in [3.8, 4) is 5.75 Å². The van der Waals surface area contributed by atoms with Gasteiger partial charge in [0.1, 0.15) is 5.75 Å². The number of rotatable bonds is 5. The number of methoxy groups -OCH3 is 1. The van der Waals surface area contributed by atoms with Crippen molar-refractivity contribution in [3.63, 3.8) is 0 Å². The predicted octanol–water partition coefficient (Wildman–Crippen LogP) is 2.48. The van der Waals surface area contributed by atoms with Crippen molar-refractivity contribution in [2.75, 3.05) is 38.2 Å². The van der Waals surface area contributed by atoms with E-state index in [2.05, 4.69) is 34.5 Å². The van der Waals surface area contributed by atoms with Crippen molar-refractivity contribution < 1.29 is 14.3 Å². The van der Waals surface area contributed by atoms with Crippen molar-refractivity contribution >= 4 is 17.5 Å². The zero-order valence-corrected chi connectivity index (χ0v) is 16.8. The van der Waals surface area contributed by atoms with E-state index < -0.39 is 0 Å². The molecule has 29 heavy (non-hydrogen) atoms. The molecule has 6 nitrogen and oxygen atoms in total. The third kappa shape index (κ3) is 4.06. The fraction of sp³-hybridized carbons (Fsp3) is 0.391. The summed E-state index contributed by atoms with van der Waals surface area (Å²) in [6, 6.07) is 16.1. The van der Waals surface area contributed by atoms with Crippen molar-refractivity contribution in [1.29, 1.82) is 0 Å². The van der Waals surface area contributed by atoms with Crippen LogP contribution in [-0.4, -0.2) is 56.0 Å². The Bertz CT molecular complexity index is 890. The summed E-state index contributed by atoms with van der Waals surface area (Å²) in [6.45, 7) is 2.53. The van der Waals surface area contributed by atoms with E-state index in [1.54, 1.807) is 18.2 Å². The number of piperidine rings is 1. The maximum atomic E-state index is 12.6. The number of para-hydroxylation sites is 2. The number of ether oxygens (including phenoxy) is 1. The Kier molecular flexibility index (Phi) is 5.69. The van der Waals surface area contributed by atoms with Crippen LogP contribution in [0.5, 0.6) is 5.75 Å². The van der Waals surface area contributed by atoms with Gasteiger partial charge in [0.25, 0.3) is 5.91 Å². The first-order chi connectivity index (χ1) is 14.2. The normalized spacial score (nSPS) is 16.4. The molecule has 0 spiro atoms. The molecule has 1 fully saturated rings. The molecule has 2 aliphatic heterocycles. The molecule has 1 saturated heterocycles. The minimum absolute atomic E-state index is 0.00803. The smallest absolute Gasteiger partial charge is 0.255 e. The van der Waals surface area contributed by atoms with Gasteiger partial charge in [-0.15, -0.1) is 0 Å². The summed E-state index contributed by atoms with van der Waals surface area (Å²) in [6.07, 6.45) is 3.02. The monoisotopic (exact) mass is 393 g/mol. The number of hydrogen-bond donors (Lipinski definition) is 1. The SMILES string of the molecule is COc1ccccc1C(=O)NCC(=O)N1CCC(N2CCc3ccccc32)CC1. The number of carbonyl (C=O) groups excluding carboxylic acids is 2. The van der Waals surface area contributed by atoms with Crippen molar-refractivity contribution in [2.24, 2.45) is 0 Å². The van der Waals surface area contributed by atoms with Crippen molar-refractivity contribution in [1.82, 2.24) is 10.2 Å². The van der Waals surface area contributed by atoms with E-state index in [9.17, 15) is 9.59 Å². The van der Waals surface area contributed by atoms with Gasteiger partial charge in [0.15, 0.2) is 0 Å². The highest BCUT2D eigenvalue weighted by atomic mass is 16.5. The summed E-state index contributed by atoms with van der Waals surface area (Å²) in [4.78, 5) is 29.3. The van der Waals surface area contributed by atoms with Crippen molar-refractivity contribution in [3.05, 3.63) is 59.7 Å². The summed E-state index contributed by atoms with van der Waals surface area (Å²) in [5.41, 5.74) is 3.21. The lowest BCUT2D eigenvalue weighted by Crippen LogP contribution is -2.49. The third-order valence-corrected chi connectivity index (χ3v) is 5.93. The molecule has 0 unspecified atom stereocenters. The van der Waals surface area contributed by atoms with Gasteiger partial charge in [-0.1, -0.05) is 30.3 Å². The van der Waals surface area contributed by atoms with Gasteiger partial charge in [-0.25, -0.2) is 0 Å². The third-order valence-electron chi connectivity index (χ3n) is 5.93. The molecule has 0 bridgehead atoms. The van der Waals surface area contributed by atoms with Crippen LogP contribution in [0.4, 0.5) is 5.69 Å². The molecule has 0 aromatic heterocycles. The molecule has 2 aliphatic rings. The zero-order valence-electron chi connectivity index (χ0n) is 16.8. The molecule has 2 amide bonds. The second-order valence-electron chi connectivity index (χ2n) is 7.57. The first-order valence-corrected chi connectivity index (χ1v) is 10.2. The lowest BCUT2D eigenvalue weighted by atomic mass is 10.0. The van der Waals surface area contributed by atoms with E-state index in [1.807, 2.05) is 11.0 Å². The minimum Gasteiger partial charge on any atom is -0.496 e. The van der Waals surface area contributed by atoms with Crippen LogP contribution in [0.2, 0.25) is 0 Å². The first kappa shape index (κ1) is 19.3. The van der Waals surface area contributed by atoms with Gasteiger partial charge in [-0.3, -0.25) is 9.59 Å². The average molecular weight is 393 g/mol. The lowest BCUT2D eigenvalue weighted by molar-refractivity contribution is -0.131. The summed E-state index contributed by atoms with van der Waals surface area (Å²) < 4.78 is 5.21. The number of amides is 2. The van der Waals surface area contributed by atoms with E-state index >= 15 is 0 Å². The van der Waals surface area contributed by atoms with Gasteiger partial charge in [-0.2, -0.15) is 0 Å². The van der Waals surface area contributed by atoms with E-state index in [4.69, 9.17) is 4.74 Å². The number of anilines is 1. The van der Waals surface area contributed by atoms with Crippen LogP contribution in [0, 0.1) is 0 Å². The molecule has 2 aromatic carbocycles. The van der Waals surface area contributed by atoms with Gasteiger partial charge in [0, 0.05) is 31.4 Å². The van der Waals surface area contributed by atoms with Crippen LogP contribution in [0.1, 0.15) is 28.8 Å². The fourth-order valence-corrected chi connectivity index (χ4v) is 4.37. The molecule has 2 heterocycles. The fourth-order valence-electron chi connectivity index (χ4n) is 4.37. The van der Waals surface area contributed by atoms with Crippen LogP contribution in [0.15, 0.2) is 48.5 Å². The quantitative estimate of drug-likeness (QED) is 0.848. The van der Waals surface area contributed by atoms with Crippen LogP contribution in [-0.2, 0) is 11.2 Å². The standard InChI is InChI=1S/C23H27N3O3/c1-29-21-9-5-3-7-19(21)23(28)24-16-22(27)25-13-11-18(12-14-25)26-15-10-17-6-2-4-8-20(17)26/h2-9,18H,10-16H2,1H3,(H,24,28). The molecule has 4 rings (SSSR count). The molecular formula is C23H27N3O3. The highest BCUT2D eigenvalue weighted by Gasteiger charge is 2.30. The number of nitrogens with zero attached hydrogens (tertiary/aromatic N) is 2. The molecule has 0 radical (unpaired) electrons. The average Bonchev–Trinajstić information content (AvgIpc) is 3.21. The van der Waals surface area contributed by atoms with Crippen molar-refractivity contribution in [2.45, 2.75) is 25.3 Å². The van der Waals surface area contributed by atoms with Crippen LogP contribution in [0.25, 0.3) is 0 Å². The highest BCUT2D eigenvalue weighted by molar-refractivity contribution is 5.98. The Hall–Kier alpha value is -3.02. The maximum Gasteiger partial charge on any atom is 0.255 e.